The predicted molar refractivity (Wildman–Crippen MR) is 142 cm³/mol. The molecule has 222 valence electrons. The number of nitrogens with one attached hydrogen (secondary N) is 2. The normalized spacial score (nSPS) is 29.6. The summed E-state index contributed by atoms with van der Waals surface area (Å²) in [5, 5.41) is 0. The lowest BCUT2D eigenvalue weighted by Crippen LogP contribution is -2.54. The highest BCUT2D eigenvalue weighted by Crippen LogP contribution is 2.49. The van der Waals surface area contributed by atoms with E-state index in [-0.39, 0.29) is 29.7 Å². The second-order valence-electron chi connectivity index (χ2n) is 12.9. The average molecular weight is 569 g/mol. The molecule has 1 saturated carbocycles. The van der Waals surface area contributed by atoms with E-state index in [1.807, 2.05) is 4.90 Å². The Bertz CT molecular complexity index is 1280. The van der Waals surface area contributed by atoms with E-state index >= 15 is 0 Å². The summed E-state index contributed by atoms with van der Waals surface area (Å²) in [6.07, 6.45) is 3.60. The third kappa shape index (κ3) is 5.33. The van der Waals surface area contributed by atoms with Crippen LogP contribution in [0.5, 0.6) is 0 Å². The van der Waals surface area contributed by atoms with Crippen LogP contribution in [0, 0.1) is 11.3 Å². The summed E-state index contributed by atoms with van der Waals surface area (Å²) in [6, 6.07) is 0.996. The number of likely N-dealkylation sites (tertiary alicyclic amines) is 1. The average Bonchev–Trinajstić information content (AvgIpc) is 3.44. The van der Waals surface area contributed by atoms with Crippen LogP contribution >= 0.6 is 0 Å². The SMILES string of the molecule is CN1CNNC1CC1(C2CCCC(n3cc4c(C(F)(F)F)cc(CN5CCC(C)(F)CC5)cn4c3=O)C2)COC1. The zero-order chi connectivity index (χ0) is 28.3. The van der Waals surface area contributed by atoms with Crippen LogP contribution < -0.4 is 16.5 Å². The number of fused-ring (bicyclic) bond motifs is 1. The molecule has 4 aliphatic rings. The number of aromatic nitrogens is 2. The van der Waals surface area contributed by atoms with Crippen molar-refractivity contribution in [3.05, 3.63) is 40.1 Å². The molecule has 3 unspecified atom stereocenters. The van der Waals surface area contributed by atoms with Crippen molar-refractivity contribution < 1.29 is 22.3 Å². The van der Waals surface area contributed by atoms with Gasteiger partial charge in [0.15, 0.2) is 0 Å². The summed E-state index contributed by atoms with van der Waals surface area (Å²) in [5.41, 5.74) is 4.34. The van der Waals surface area contributed by atoms with Gasteiger partial charge in [0.25, 0.3) is 0 Å². The third-order valence-electron chi connectivity index (χ3n) is 9.87. The van der Waals surface area contributed by atoms with Gasteiger partial charge in [-0.25, -0.2) is 20.0 Å². The third-order valence-corrected chi connectivity index (χ3v) is 9.87. The lowest BCUT2D eigenvalue weighted by atomic mass is 9.64. The second kappa shape index (κ2) is 10.4. The molecule has 8 nitrogen and oxygen atoms in total. The van der Waals surface area contributed by atoms with E-state index in [0.29, 0.717) is 50.6 Å². The van der Waals surface area contributed by atoms with Crippen LogP contribution in [0.3, 0.4) is 0 Å². The summed E-state index contributed by atoms with van der Waals surface area (Å²) >= 11 is 0. The molecule has 3 aliphatic heterocycles. The maximum absolute atomic E-state index is 14.3. The number of halogens is 4. The molecule has 3 atom stereocenters. The van der Waals surface area contributed by atoms with Crippen LogP contribution in [0.2, 0.25) is 0 Å². The molecule has 40 heavy (non-hydrogen) atoms. The molecular weight excluding hydrogens is 528 g/mol. The van der Waals surface area contributed by atoms with E-state index in [1.165, 1.54) is 10.6 Å². The Morgan fingerprint density at radius 3 is 2.52 bits per heavy atom. The van der Waals surface area contributed by atoms with Crippen molar-refractivity contribution in [3.8, 4) is 0 Å². The number of nitrogens with zero attached hydrogens (tertiary/aromatic N) is 4. The monoisotopic (exact) mass is 568 g/mol. The standard InChI is InChI=1S/C28H40F4N6O2/c1-26(29)6-8-36(9-7-26)13-19-10-22(28(30,31)32)23-15-37(25(39)38(23)14-19)21-5-3-4-20(11-21)27(16-40-17-27)12-24-34-33-18-35(24)2/h10,14-15,20-21,24,33-34H,3-9,11-13,16-18H2,1-2H3. The van der Waals surface area contributed by atoms with Gasteiger partial charge in [0, 0.05) is 43.5 Å². The maximum Gasteiger partial charge on any atom is 0.418 e. The molecule has 0 aromatic carbocycles. The van der Waals surface area contributed by atoms with Crippen LogP contribution in [0.1, 0.15) is 69.0 Å². The lowest BCUT2D eigenvalue weighted by molar-refractivity contribution is -0.167. The topological polar surface area (TPSA) is 66.2 Å². The fraction of sp³-hybridized carbons (Fsp3) is 0.750. The molecule has 6 rings (SSSR count). The highest BCUT2D eigenvalue weighted by atomic mass is 19.4. The van der Waals surface area contributed by atoms with Gasteiger partial charge < -0.3 is 4.74 Å². The van der Waals surface area contributed by atoms with Gasteiger partial charge in [-0.05, 0) is 70.0 Å². The Labute approximate surface area is 231 Å². The molecule has 0 bridgehead atoms. The minimum atomic E-state index is -4.60. The number of rotatable bonds is 6. The lowest BCUT2D eigenvalue weighted by Gasteiger charge is -2.51. The number of hydrazine groups is 1. The summed E-state index contributed by atoms with van der Waals surface area (Å²) < 4.78 is 65.4. The summed E-state index contributed by atoms with van der Waals surface area (Å²) in [5.74, 6) is 0.323. The van der Waals surface area contributed by atoms with Crippen molar-refractivity contribution in [1.82, 2.24) is 29.6 Å². The fourth-order valence-corrected chi connectivity index (χ4v) is 7.23. The molecule has 2 aromatic rings. The fourth-order valence-electron chi connectivity index (χ4n) is 7.23. The highest BCUT2D eigenvalue weighted by molar-refractivity contribution is 5.56. The molecule has 2 N–H and O–H groups in total. The van der Waals surface area contributed by atoms with E-state index in [9.17, 15) is 22.4 Å². The Morgan fingerprint density at radius 1 is 1.15 bits per heavy atom. The van der Waals surface area contributed by atoms with Crippen LogP contribution in [-0.4, -0.2) is 70.6 Å². The quantitative estimate of drug-likeness (QED) is 0.516. The first-order chi connectivity index (χ1) is 18.9. The molecule has 4 fully saturated rings. The van der Waals surface area contributed by atoms with Gasteiger partial charge in [-0.1, -0.05) is 6.42 Å². The number of piperidine rings is 1. The van der Waals surface area contributed by atoms with Crippen LogP contribution in [0.15, 0.2) is 23.3 Å². The molecule has 1 aliphatic carbocycles. The van der Waals surface area contributed by atoms with Crippen molar-refractivity contribution in [1.29, 1.82) is 0 Å². The highest BCUT2D eigenvalue weighted by Gasteiger charge is 2.49. The number of ether oxygens (including phenoxy) is 1. The Morgan fingerprint density at radius 2 is 1.90 bits per heavy atom. The van der Waals surface area contributed by atoms with Gasteiger partial charge in [-0.15, -0.1) is 0 Å². The first kappa shape index (κ1) is 28.1. The molecule has 0 amide bonds. The van der Waals surface area contributed by atoms with Gasteiger partial charge in [0.05, 0.1) is 37.1 Å². The minimum Gasteiger partial charge on any atom is -0.380 e. The second-order valence-corrected chi connectivity index (χ2v) is 12.9. The van der Waals surface area contributed by atoms with Crippen LogP contribution in [0.25, 0.3) is 5.52 Å². The number of imidazole rings is 1. The zero-order valence-electron chi connectivity index (χ0n) is 23.3. The van der Waals surface area contributed by atoms with Gasteiger partial charge in [0.1, 0.15) is 5.67 Å². The van der Waals surface area contributed by atoms with E-state index in [1.54, 1.807) is 17.7 Å². The summed E-state index contributed by atoms with van der Waals surface area (Å²) in [6.45, 7) is 4.86. The van der Waals surface area contributed by atoms with E-state index in [0.717, 1.165) is 44.8 Å². The van der Waals surface area contributed by atoms with Crippen molar-refractivity contribution in [3.63, 3.8) is 0 Å². The van der Waals surface area contributed by atoms with E-state index < -0.39 is 23.1 Å². The van der Waals surface area contributed by atoms with Crippen molar-refractivity contribution in [2.45, 2.75) is 82.5 Å². The molecule has 3 saturated heterocycles. The van der Waals surface area contributed by atoms with E-state index in [2.05, 4.69) is 22.8 Å². The first-order valence-electron chi connectivity index (χ1n) is 14.5. The van der Waals surface area contributed by atoms with Crippen molar-refractivity contribution >= 4 is 5.52 Å². The molecule has 5 heterocycles. The largest absolute Gasteiger partial charge is 0.418 e. The molecule has 0 spiro atoms. The predicted octanol–water partition coefficient (Wildman–Crippen LogP) is 3.91. The summed E-state index contributed by atoms with van der Waals surface area (Å²) in [4.78, 5) is 17.8. The van der Waals surface area contributed by atoms with Gasteiger partial charge in [0.2, 0.25) is 0 Å². The van der Waals surface area contributed by atoms with Gasteiger partial charge in [-0.2, -0.15) is 13.2 Å². The molecular formula is C28H40F4N6O2. The van der Waals surface area contributed by atoms with Crippen molar-refractivity contribution in [2.24, 2.45) is 11.3 Å². The summed E-state index contributed by atoms with van der Waals surface area (Å²) in [7, 11) is 2.07. The van der Waals surface area contributed by atoms with Gasteiger partial charge in [-0.3, -0.25) is 18.8 Å². The number of pyridine rings is 1. The molecule has 0 radical (unpaired) electrons. The number of alkyl halides is 4. The number of hydrogen-bond donors (Lipinski definition) is 2. The first-order valence-corrected chi connectivity index (χ1v) is 14.5. The molecule has 12 heteroatoms. The number of hydrogen-bond acceptors (Lipinski definition) is 6. The molecule has 2 aromatic heterocycles. The van der Waals surface area contributed by atoms with Crippen LogP contribution in [-0.2, 0) is 17.5 Å². The smallest absolute Gasteiger partial charge is 0.380 e. The zero-order valence-corrected chi connectivity index (χ0v) is 23.3. The van der Waals surface area contributed by atoms with E-state index in [4.69, 9.17) is 4.74 Å². The Kier molecular flexibility index (Phi) is 7.30. The Hall–Kier alpha value is -1.99. The minimum absolute atomic E-state index is 0.00614. The van der Waals surface area contributed by atoms with Crippen LogP contribution in [0.4, 0.5) is 17.6 Å². The maximum atomic E-state index is 14.3. The Balaban J connectivity index is 1.27. The van der Waals surface area contributed by atoms with Gasteiger partial charge >= 0.3 is 11.9 Å². The van der Waals surface area contributed by atoms with Crippen molar-refractivity contribution in [2.75, 3.05) is 40.0 Å².